The van der Waals surface area contributed by atoms with Crippen LogP contribution in [0, 0.1) is 11.8 Å². The molecule has 0 spiro atoms. The van der Waals surface area contributed by atoms with Crippen molar-refractivity contribution in [1.29, 1.82) is 0 Å². The van der Waals surface area contributed by atoms with Gasteiger partial charge in [-0.25, -0.2) is 0 Å². The summed E-state index contributed by atoms with van der Waals surface area (Å²) in [7, 11) is 0.0311. The molecule has 0 amide bonds. The first-order valence-corrected chi connectivity index (χ1v) is 12.6. The van der Waals surface area contributed by atoms with Gasteiger partial charge in [-0.05, 0) is 31.2 Å². The highest BCUT2D eigenvalue weighted by molar-refractivity contribution is 6.78. The number of aliphatic hydroxyl groups is 1. The van der Waals surface area contributed by atoms with Crippen molar-refractivity contribution >= 4 is 8.07 Å². The minimum absolute atomic E-state index is 0.0268. The van der Waals surface area contributed by atoms with Crippen LogP contribution < -0.4 is 0 Å². The van der Waals surface area contributed by atoms with Crippen LogP contribution >= 0.6 is 0 Å². The van der Waals surface area contributed by atoms with Crippen LogP contribution in [0.25, 0.3) is 0 Å². The average Bonchev–Trinajstić information content (AvgIpc) is 2.52. The molecule has 0 radical (unpaired) electrons. The second kappa shape index (κ2) is 7.50. The Hall–Kier alpha value is -0.643. The molecule has 0 saturated heterocycles. The molecular formula is C20H34O2Si. The second-order valence-corrected chi connectivity index (χ2v) is 13.9. The number of benzene rings is 1. The minimum Gasteiger partial charge on any atom is -0.393 e. The molecule has 1 aliphatic carbocycles. The fourth-order valence-corrected chi connectivity index (χ4v) is 5.51. The average molecular weight is 335 g/mol. The quantitative estimate of drug-likeness (QED) is 0.725. The summed E-state index contributed by atoms with van der Waals surface area (Å²) in [6.45, 7) is 8.91. The van der Waals surface area contributed by atoms with Crippen LogP contribution in [-0.2, 0) is 4.74 Å². The highest BCUT2D eigenvalue weighted by atomic mass is 28.3. The van der Waals surface area contributed by atoms with Gasteiger partial charge >= 0.3 is 0 Å². The lowest BCUT2D eigenvalue weighted by Gasteiger charge is -2.49. The molecule has 2 rings (SSSR count). The SMILES string of the molecule is CO[C@H](c1ccccc1)[C@H](C1CCCCC1)[C@](C)(O)[Si](C)(C)C. The second-order valence-electron chi connectivity index (χ2n) is 8.39. The van der Waals surface area contributed by atoms with Gasteiger partial charge in [0.25, 0.3) is 0 Å². The lowest BCUT2D eigenvalue weighted by atomic mass is 9.73. The molecule has 3 heteroatoms. The molecule has 1 aromatic rings. The van der Waals surface area contributed by atoms with E-state index in [4.69, 9.17) is 4.74 Å². The number of ether oxygens (including phenoxy) is 1. The Morgan fingerprint density at radius 2 is 1.65 bits per heavy atom. The fourth-order valence-electron chi connectivity index (χ4n) is 4.13. The summed E-state index contributed by atoms with van der Waals surface area (Å²) < 4.78 is 6.00. The maximum atomic E-state index is 11.6. The van der Waals surface area contributed by atoms with Gasteiger partial charge < -0.3 is 9.84 Å². The predicted octanol–water partition coefficient (Wildman–Crippen LogP) is 5.20. The van der Waals surface area contributed by atoms with E-state index in [1.54, 1.807) is 7.11 Å². The Kier molecular flexibility index (Phi) is 6.09. The van der Waals surface area contributed by atoms with Crippen molar-refractivity contribution < 1.29 is 9.84 Å². The zero-order valence-electron chi connectivity index (χ0n) is 15.5. The molecule has 1 N–H and O–H groups in total. The maximum absolute atomic E-state index is 11.6. The molecule has 0 bridgehead atoms. The van der Waals surface area contributed by atoms with Crippen molar-refractivity contribution in [3.05, 3.63) is 35.9 Å². The standard InChI is InChI=1S/C20H34O2Si/c1-20(21,23(3,4)5)18(16-12-8-6-9-13-16)19(22-2)17-14-10-7-11-15-17/h7,10-11,14-16,18-19,21H,6,8-9,12-13H2,1-5H3/t18-,19+,20+/m0/s1. The molecular weight excluding hydrogens is 300 g/mol. The first-order chi connectivity index (χ1) is 10.8. The molecule has 130 valence electrons. The van der Waals surface area contributed by atoms with Gasteiger partial charge in [0, 0.05) is 13.0 Å². The van der Waals surface area contributed by atoms with E-state index >= 15 is 0 Å². The van der Waals surface area contributed by atoms with Crippen molar-refractivity contribution in [1.82, 2.24) is 0 Å². The van der Waals surface area contributed by atoms with Crippen LogP contribution in [0.4, 0.5) is 0 Å². The smallest absolute Gasteiger partial charge is 0.0876 e. The maximum Gasteiger partial charge on any atom is 0.0876 e. The Labute approximate surface area is 143 Å². The lowest BCUT2D eigenvalue weighted by Crippen LogP contribution is -2.59. The Balaban J connectivity index is 2.43. The summed E-state index contributed by atoms with van der Waals surface area (Å²) in [5, 5.41) is 11.0. The highest BCUT2D eigenvalue weighted by Gasteiger charge is 2.50. The Morgan fingerprint density at radius 3 is 2.13 bits per heavy atom. The van der Waals surface area contributed by atoms with Gasteiger partial charge in [-0.3, -0.25) is 0 Å². The van der Waals surface area contributed by atoms with Crippen LogP contribution in [0.15, 0.2) is 30.3 Å². The molecule has 1 saturated carbocycles. The molecule has 3 atom stereocenters. The van der Waals surface area contributed by atoms with Crippen LogP contribution in [-0.4, -0.2) is 25.5 Å². The van der Waals surface area contributed by atoms with Crippen molar-refractivity contribution in [2.45, 2.75) is 70.0 Å². The third kappa shape index (κ3) is 4.07. The molecule has 0 aromatic heterocycles. The summed E-state index contributed by atoms with van der Waals surface area (Å²) in [6.07, 6.45) is 6.32. The first kappa shape index (κ1) is 18.7. The molecule has 2 nitrogen and oxygen atoms in total. The summed E-state index contributed by atoms with van der Waals surface area (Å²) in [6, 6.07) is 10.5. The molecule has 23 heavy (non-hydrogen) atoms. The van der Waals surface area contributed by atoms with Gasteiger partial charge in [-0.1, -0.05) is 69.2 Å². The van der Waals surface area contributed by atoms with E-state index < -0.39 is 13.3 Å². The van der Waals surface area contributed by atoms with Gasteiger partial charge in [-0.15, -0.1) is 0 Å². The predicted molar refractivity (Wildman–Crippen MR) is 100 cm³/mol. The van der Waals surface area contributed by atoms with Crippen molar-refractivity contribution in [3.8, 4) is 0 Å². The number of rotatable bonds is 6. The third-order valence-corrected chi connectivity index (χ3v) is 9.40. The van der Waals surface area contributed by atoms with Crippen LogP contribution in [0.3, 0.4) is 0 Å². The van der Waals surface area contributed by atoms with Gasteiger partial charge in [0.05, 0.1) is 19.4 Å². The summed E-state index contributed by atoms with van der Waals surface area (Å²) in [5.41, 5.74) is 1.20. The molecule has 0 unspecified atom stereocenters. The van der Waals surface area contributed by atoms with Gasteiger partial charge in [-0.2, -0.15) is 0 Å². The van der Waals surface area contributed by atoms with E-state index in [1.165, 1.54) is 37.7 Å². The summed E-state index contributed by atoms with van der Waals surface area (Å²) in [4.78, 5) is 0. The largest absolute Gasteiger partial charge is 0.393 e. The van der Waals surface area contributed by atoms with E-state index in [2.05, 4.69) is 50.8 Å². The first-order valence-electron chi connectivity index (χ1n) is 9.09. The van der Waals surface area contributed by atoms with E-state index in [-0.39, 0.29) is 12.0 Å². The van der Waals surface area contributed by atoms with Crippen LogP contribution in [0.1, 0.15) is 50.7 Å². The van der Waals surface area contributed by atoms with Crippen LogP contribution in [0.2, 0.25) is 19.6 Å². The molecule has 1 fully saturated rings. The zero-order valence-corrected chi connectivity index (χ0v) is 16.5. The third-order valence-electron chi connectivity index (χ3n) is 6.03. The molecule has 1 aliphatic rings. The summed E-state index contributed by atoms with van der Waals surface area (Å²) >= 11 is 0. The van der Waals surface area contributed by atoms with Crippen LogP contribution in [0.5, 0.6) is 0 Å². The number of hydrogen-bond donors (Lipinski definition) is 1. The Morgan fingerprint density at radius 1 is 1.09 bits per heavy atom. The van der Waals surface area contributed by atoms with Gasteiger partial charge in [0.1, 0.15) is 0 Å². The number of methoxy groups -OCH3 is 1. The number of hydrogen-bond acceptors (Lipinski definition) is 2. The summed E-state index contributed by atoms with van der Waals surface area (Å²) in [5.74, 6) is 0.720. The molecule has 1 aromatic carbocycles. The zero-order chi connectivity index (χ0) is 17.1. The van der Waals surface area contributed by atoms with Crippen molar-refractivity contribution in [3.63, 3.8) is 0 Å². The minimum atomic E-state index is -1.77. The van der Waals surface area contributed by atoms with Crippen molar-refractivity contribution in [2.24, 2.45) is 11.8 Å². The molecule has 0 aliphatic heterocycles. The lowest BCUT2D eigenvalue weighted by molar-refractivity contribution is -0.0691. The monoisotopic (exact) mass is 334 g/mol. The highest BCUT2D eigenvalue weighted by Crippen LogP contribution is 2.47. The van der Waals surface area contributed by atoms with E-state index in [0.717, 1.165) is 0 Å². The van der Waals surface area contributed by atoms with E-state index in [1.807, 2.05) is 6.07 Å². The van der Waals surface area contributed by atoms with Gasteiger partial charge in [0.2, 0.25) is 0 Å². The van der Waals surface area contributed by atoms with E-state index in [9.17, 15) is 5.11 Å². The normalized spacial score (nSPS) is 22.3. The van der Waals surface area contributed by atoms with Gasteiger partial charge in [0.15, 0.2) is 0 Å². The van der Waals surface area contributed by atoms with Crippen molar-refractivity contribution in [2.75, 3.05) is 7.11 Å². The topological polar surface area (TPSA) is 29.5 Å². The Bertz CT molecular complexity index is 472. The van der Waals surface area contributed by atoms with E-state index in [0.29, 0.717) is 5.92 Å². The fraction of sp³-hybridized carbons (Fsp3) is 0.700. The molecule has 0 heterocycles.